The minimum Gasteiger partial charge on any atom is -0.130 e. The highest BCUT2D eigenvalue weighted by Crippen LogP contribution is 2.07. The van der Waals surface area contributed by atoms with Crippen molar-refractivity contribution in [3.63, 3.8) is 0 Å². The summed E-state index contributed by atoms with van der Waals surface area (Å²) in [5.74, 6) is 0. The van der Waals surface area contributed by atoms with E-state index in [2.05, 4.69) is 43.5 Å². The maximum absolute atomic E-state index is 3.61. The first-order valence-electron chi connectivity index (χ1n) is 4.13. The highest BCUT2D eigenvalue weighted by molar-refractivity contribution is 5.24. The summed E-state index contributed by atoms with van der Waals surface area (Å²) in [6, 6.07) is 8.56. The van der Waals surface area contributed by atoms with Crippen molar-refractivity contribution < 1.29 is 0 Å². The molecule has 62 valence electrons. The molecule has 0 heteroatoms. The third-order valence-corrected chi connectivity index (χ3v) is 1.89. The second-order valence-electron chi connectivity index (χ2n) is 3.12. The second kappa shape index (κ2) is 3.94. The summed E-state index contributed by atoms with van der Waals surface area (Å²) in [6.45, 7) is 7.76. The lowest BCUT2D eigenvalue weighted by Crippen LogP contribution is -1.85. The van der Waals surface area contributed by atoms with Gasteiger partial charge in [0, 0.05) is 6.42 Å². The molecule has 0 unspecified atom stereocenters. The van der Waals surface area contributed by atoms with Gasteiger partial charge in [0.05, 0.1) is 0 Å². The predicted octanol–water partition coefficient (Wildman–Crippen LogP) is 3.27. The number of allylic oxidation sites excluding steroid dienone is 1. The van der Waals surface area contributed by atoms with Gasteiger partial charge in [0.2, 0.25) is 0 Å². The van der Waals surface area contributed by atoms with Crippen LogP contribution in [0, 0.1) is 6.92 Å². The zero-order valence-electron chi connectivity index (χ0n) is 7.72. The van der Waals surface area contributed by atoms with Gasteiger partial charge in [0.25, 0.3) is 0 Å². The first kappa shape index (κ1) is 8.83. The van der Waals surface area contributed by atoms with Gasteiger partial charge in [-0.05, 0) is 25.0 Å². The Hall–Kier alpha value is -1.26. The van der Waals surface area contributed by atoms with Crippen LogP contribution in [0.4, 0.5) is 0 Å². The summed E-state index contributed by atoms with van der Waals surface area (Å²) in [5.41, 5.74) is 6.72. The van der Waals surface area contributed by atoms with E-state index in [0.717, 1.165) is 6.42 Å². The summed E-state index contributed by atoms with van der Waals surface area (Å²) in [4.78, 5) is 0. The van der Waals surface area contributed by atoms with Crippen LogP contribution >= 0.6 is 0 Å². The van der Waals surface area contributed by atoms with Gasteiger partial charge in [0.1, 0.15) is 0 Å². The van der Waals surface area contributed by atoms with Crippen LogP contribution in [0.5, 0.6) is 0 Å². The second-order valence-corrected chi connectivity index (χ2v) is 3.12. The van der Waals surface area contributed by atoms with E-state index in [9.17, 15) is 0 Å². The third kappa shape index (κ3) is 2.41. The lowest BCUT2D eigenvalue weighted by molar-refractivity contribution is 1.15. The smallest absolute Gasteiger partial charge is 0.000612 e. The normalized spacial score (nSPS) is 9.17. The Balaban J connectivity index is 2.78. The Bertz CT molecular complexity index is 297. The van der Waals surface area contributed by atoms with Gasteiger partial charge >= 0.3 is 0 Å². The van der Waals surface area contributed by atoms with Crippen molar-refractivity contribution in [2.75, 3.05) is 0 Å². The van der Waals surface area contributed by atoms with Crippen molar-refractivity contribution in [2.45, 2.75) is 20.3 Å². The quantitative estimate of drug-likeness (QED) is 0.579. The van der Waals surface area contributed by atoms with E-state index >= 15 is 0 Å². The van der Waals surface area contributed by atoms with Crippen molar-refractivity contribution in [1.29, 1.82) is 0 Å². The van der Waals surface area contributed by atoms with Crippen LogP contribution in [0.15, 0.2) is 42.1 Å². The van der Waals surface area contributed by atoms with Gasteiger partial charge < -0.3 is 0 Å². The third-order valence-electron chi connectivity index (χ3n) is 1.89. The Morgan fingerprint density at radius 2 is 1.92 bits per heavy atom. The van der Waals surface area contributed by atoms with Gasteiger partial charge in [-0.1, -0.05) is 36.4 Å². The minimum absolute atomic E-state index is 0.962. The SMILES string of the molecule is C=C=C(C)Cc1ccc(C)cc1. The first-order chi connectivity index (χ1) is 5.72. The molecular formula is C12H14. The highest BCUT2D eigenvalue weighted by atomic mass is 14.0. The molecule has 0 saturated carbocycles. The summed E-state index contributed by atoms with van der Waals surface area (Å²) in [5, 5.41) is 0. The van der Waals surface area contributed by atoms with Gasteiger partial charge in [-0.3, -0.25) is 0 Å². The molecule has 0 radical (unpaired) electrons. The van der Waals surface area contributed by atoms with Crippen LogP contribution < -0.4 is 0 Å². The number of aryl methyl sites for hydroxylation is 1. The fourth-order valence-electron chi connectivity index (χ4n) is 1.07. The lowest BCUT2D eigenvalue weighted by Gasteiger charge is -1.99. The molecule has 0 heterocycles. The van der Waals surface area contributed by atoms with E-state index in [-0.39, 0.29) is 0 Å². The summed E-state index contributed by atoms with van der Waals surface area (Å²) < 4.78 is 0. The number of rotatable bonds is 2. The van der Waals surface area contributed by atoms with E-state index < -0.39 is 0 Å². The molecule has 0 fully saturated rings. The minimum atomic E-state index is 0.962. The molecule has 1 aromatic rings. The van der Waals surface area contributed by atoms with Crippen LogP contribution in [-0.4, -0.2) is 0 Å². The van der Waals surface area contributed by atoms with Gasteiger partial charge in [-0.25, -0.2) is 0 Å². The Morgan fingerprint density at radius 3 is 2.42 bits per heavy atom. The monoisotopic (exact) mass is 158 g/mol. The fourth-order valence-corrected chi connectivity index (χ4v) is 1.07. The van der Waals surface area contributed by atoms with Crippen LogP contribution in [0.1, 0.15) is 18.1 Å². The molecule has 1 rings (SSSR count). The van der Waals surface area contributed by atoms with Gasteiger partial charge in [-0.2, -0.15) is 0 Å². The molecule has 0 amide bonds. The van der Waals surface area contributed by atoms with Crippen molar-refractivity contribution in [2.24, 2.45) is 0 Å². The first-order valence-corrected chi connectivity index (χ1v) is 4.13. The Labute approximate surface area is 74.2 Å². The zero-order chi connectivity index (χ0) is 8.97. The average molecular weight is 158 g/mol. The van der Waals surface area contributed by atoms with Crippen LogP contribution in [0.25, 0.3) is 0 Å². The van der Waals surface area contributed by atoms with E-state index in [0.29, 0.717) is 0 Å². The maximum Gasteiger partial charge on any atom is 0.000612 e. The van der Waals surface area contributed by atoms with Crippen molar-refractivity contribution in [3.05, 3.63) is 53.3 Å². The van der Waals surface area contributed by atoms with E-state index in [1.165, 1.54) is 16.7 Å². The molecule has 0 saturated heterocycles. The largest absolute Gasteiger partial charge is 0.130 e. The average Bonchev–Trinajstić information content (AvgIpc) is 2.09. The summed E-state index contributed by atoms with van der Waals surface area (Å²) >= 11 is 0. The van der Waals surface area contributed by atoms with E-state index in [1.54, 1.807) is 0 Å². The van der Waals surface area contributed by atoms with Gasteiger partial charge in [0.15, 0.2) is 0 Å². The van der Waals surface area contributed by atoms with E-state index in [1.807, 2.05) is 6.92 Å². The summed E-state index contributed by atoms with van der Waals surface area (Å²) in [6.07, 6.45) is 0.962. The summed E-state index contributed by atoms with van der Waals surface area (Å²) in [7, 11) is 0. The molecule has 0 aliphatic carbocycles. The molecule has 0 aromatic heterocycles. The molecule has 0 bridgehead atoms. The van der Waals surface area contributed by atoms with Crippen molar-refractivity contribution in [3.8, 4) is 0 Å². The predicted molar refractivity (Wildman–Crippen MR) is 53.2 cm³/mol. The zero-order valence-corrected chi connectivity index (χ0v) is 7.72. The number of benzene rings is 1. The molecule has 12 heavy (non-hydrogen) atoms. The van der Waals surface area contributed by atoms with Crippen molar-refractivity contribution >= 4 is 0 Å². The molecular weight excluding hydrogens is 144 g/mol. The lowest BCUT2D eigenvalue weighted by atomic mass is 10.1. The Kier molecular flexibility index (Phi) is 2.90. The topological polar surface area (TPSA) is 0 Å². The van der Waals surface area contributed by atoms with Crippen LogP contribution in [0.3, 0.4) is 0 Å². The molecule has 0 N–H and O–H groups in total. The van der Waals surface area contributed by atoms with Crippen molar-refractivity contribution in [1.82, 2.24) is 0 Å². The fraction of sp³-hybridized carbons (Fsp3) is 0.250. The number of hydrogen-bond donors (Lipinski definition) is 0. The molecule has 0 atom stereocenters. The molecule has 0 aliphatic heterocycles. The molecule has 0 spiro atoms. The number of hydrogen-bond acceptors (Lipinski definition) is 0. The maximum atomic E-state index is 3.61. The molecule has 0 aliphatic rings. The molecule has 0 nitrogen and oxygen atoms in total. The van der Waals surface area contributed by atoms with Crippen LogP contribution in [0.2, 0.25) is 0 Å². The molecule has 1 aromatic carbocycles. The highest BCUT2D eigenvalue weighted by Gasteiger charge is 1.92. The van der Waals surface area contributed by atoms with Crippen LogP contribution in [-0.2, 0) is 6.42 Å². The Morgan fingerprint density at radius 1 is 1.33 bits per heavy atom. The van der Waals surface area contributed by atoms with Gasteiger partial charge in [-0.15, -0.1) is 5.73 Å². The standard InChI is InChI=1S/C12H14/c1-4-10(2)9-12-7-5-11(3)6-8-12/h5-8H,1,9H2,2-3H3. The van der Waals surface area contributed by atoms with E-state index in [4.69, 9.17) is 0 Å².